The fourth-order valence-corrected chi connectivity index (χ4v) is 1.92. The van der Waals surface area contributed by atoms with E-state index in [9.17, 15) is 0 Å². The van der Waals surface area contributed by atoms with Crippen LogP contribution < -0.4 is 0 Å². The van der Waals surface area contributed by atoms with Crippen LogP contribution >= 0.6 is 0 Å². The zero-order valence-electron chi connectivity index (χ0n) is 11.9. The standard InChI is InChI=1S/C18H21N/c1-18(2,3)17(14-15-10-6-4-7-11-15)19-16-12-8-5-9-13-16/h4-13H,14H2,1-3H3. The Hall–Kier alpha value is -1.89. The third kappa shape index (κ3) is 4.06. The van der Waals surface area contributed by atoms with Crippen LogP contribution in [0.1, 0.15) is 26.3 Å². The van der Waals surface area contributed by atoms with Gasteiger partial charge < -0.3 is 0 Å². The maximum atomic E-state index is 4.84. The quantitative estimate of drug-likeness (QED) is 0.677. The van der Waals surface area contributed by atoms with Crippen molar-refractivity contribution in [3.8, 4) is 0 Å². The van der Waals surface area contributed by atoms with Crippen molar-refractivity contribution in [2.45, 2.75) is 27.2 Å². The molecule has 2 aromatic carbocycles. The smallest absolute Gasteiger partial charge is 0.0629 e. The molecule has 2 rings (SSSR count). The lowest BCUT2D eigenvalue weighted by Gasteiger charge is -2.22. The largest absolute Gasteiger partial charge is 0.257 e. The summed E-state index contributed by atoms with van der Waals surface area (Å²) < 4.78 is 0. The van der Waals surface area contributed by atoms with Crippen LogP contribution in [0.3, 0.4) is 0 Å². The highest BCUT2D eigenvalue weighted by Crippen LogP contribution is 2.23. The third-order valence-corrected chi connectivity index (χ3v) is 3.10. The predicted molar refractivity (Wildman–Crippen MR) is 83.1 cm³/mol. The minimum Gasteiger partial charge on any atom is -0.257 e. The molecule has 98 valence electrons. The van der Waals surface area contributed by atoms with Crippen molar-refractivity contribution in [2.24, 2.45) is 10.4 Å². The molecular weight excluding hydrogens is 230 g/mol. The zero-order valence-corrected chi connectivity index (χ0v) is 11.9. The van der Waals surface area contributed by atoms with Gasteiger partial charge in [-0.25, -0.2) is 0 Å². The van der Waals surface area contributed by atoms with Crippen LogP contribution in [0.25, 0.3) is 0 Å². The SMILES string of the molecule is CC(C)(C)C(Cc1ccccc1)=Nc1ccccc1. The molecule has 0 fully saturated rings. The normalized spacial score (nSPS) is 12.5. The number of rotatable bonds is 3. The first-order valence-electron chi connectivity index (χ1n) is 6.73. The molecule has 0 aliphatic carbocycles. The van der Waals surface area contributed by atoms with Gasteiger partial charge in [-0.2, -0.15) is 0 Å². The highest BCUT2D eigenvalue weighted by atomic mass is 14.8. The van der Waals surface area contributed by atoms with Crippen LogP contribution in [-0.4, -0.2) is 5.71 Å². The summed E-state index contributed by atoms with van der Waals surface area (Å²) in [6.45, 7) is 6.66. The Morgan fingerprint density at radius 1 is 0.842 bits per heavy atom. The lowest BCUT2D eigenvalue weighted by Crippen LogP contribution is -2.22. The summed E-state index contributed by atoms with van der Waals surface area (Å²) in [6, 6.07) is 20.7. The second kappa shape index (κ2) is 5.83. The molecule has 0 bridgehead atoms. The lowest BCUT2D eigenvalue weighted by atomic mass is 9.86. The monoisotopic (exact) mass is 251 g/mol. The summed E-state index contributed by atoms with van der Waals surface area (Å²) in [4.78, 5) is 4.84. The van der Waals surface area contributed by atoms with E-state index in [2.05, 4.69) is 63.2 Å². The van der Waals surface area contributed by atoms with Gasteiger partial charge in [-0.3, -0.25) is 4.99 Å². The molecule has 2 aromatic rings. The number of nitrogens with zero attached hydrogens (tertiary/aromatic N) is 1. The highest BCUT2D eigenvalue weighted by Gasteiger charge is 2.19. The fraction of sp³-hybridized carbons (Fsp3) is 0.278. The number of benzene rings is 2. The Labute approximate surface area is 116 Å². The zero-order chi connectivity index (χ0) is 13.7. The molecule has 0 aliphatic heterocycles. The minimum atomic E-state index is 0.0751. The highest BCUT2D eigenvalue weighted by molar-refractivity contribution is 5.93. The first kappa shape index (κ1) is 13.5. The van der Waals surface area contributed by atoms with Crippen molar-refractivity contribution in [1.29, 1.82) is 0 Å². The summed E-state index contributed by atoms with van der Waals surface area (Å²) in [5.74, 6) is 0. The molecule has 0 heterocycles. The molecular formula is C18H21N. The van der Waals surface area contributed by atoms with Crippen LogP contribution in [0.5, 0.6) is 0 Å². The molecule has 0 unspecified atom stereocenters. The molecule has 0 saturated heterocycles. The van der Waals surface area contributed by atoms with E-state index in [0.717, 1.165) is 12.1 Å². The molecule has 0 amide bonds. The molecule has 1 nitrogen and oxygen atoms in total. The van der Waals surface area contributed by atoms with E-state index in [1.54, 1.807) is 0 Å². The molecule has 0 atom stereocenters. The molecule has 19 heavy (non-hydrogen) atoms. The molecule has 0 aliphatic rings. The molecule has 0 radical (unpaired) electrons. The van der Waals surface area contributed by atoms with E-state index in [1.807, 2.05) is 18.2 Å². The number of para-hydroxylation sites is 1. The topological polar surface area (TPSA) is 12.4 Å². The summed E-state index contributed by atoms with van der Waals surface area (Å²) in [6.07, 6.45) is 0.902. The van der Waals surface area contributed by atoms with Gasteiger partial charge in [0.05, 0.1) is 5.69 Å². The van der Waals surface area contributed by atoms with Gasteiger partial charge in [0.15, 0.2) is 0 Å². The van der Waals surface area contributed by atoms with Crippen LogP contribution in [-0.2, 0) is 6.42 Å². The van der Waals surface area contributed by atoms with Gasteiger partial charge in [-0.15, -0.1) is 0 Å². The maximum absolute atomic E-state index is 4.84. The fourth-order valence-electron chi connectivity index (χ4n) is 1.92. The van der Waals surface area contributed by atoms with Crippen molar-refractivity contribution in [3.05, 3.63) is 66.2 Å². The average molecular weight is 251 g/mol. The minimum absolute atomic E-state index is 0.0751. The lowest BCUT2D eigenvalue weighted by molar-refractivity contribution is 0.582. The van der Waals surface area contributed by atoms with Gasteiger partial charge in [0, 0.05) is 17.5 Å². The summed E-state index contributed by atoms with van der Waals surface area (Å²) >= 11 is 0. The van der Waals surface area contributed by atoms with E-state index in [-0.39, 0.29) is 5.41 Å². The Morgan fingerprint density at radius 3 is 1.89 bits per heavy atom. The predicted octanol–water partition coefficient (Wildman–Crippen LogP) is 5.05. The number of aliphatic imine (C=N–C) groups is 1. The van der Waals surface area contributed by atoms with Gasteiger partial charge in [0.25, 0.3) is 0 Å². The molecule has 0 saturated carbocycles. The second-order valence-electron chi connectivity index (χ2n) is 5.81. The van der Waals surface area contributed by atoms with Crippen molar-refractivity contribution >= 4 is 11.4 Å². The van der Waals surface area contributed by atoms with Gasteiger partial charge in [0.1, 0.15) is 0 Å². The van der Waals surface area contributed by atoms with Crippen molar-refractivity contribution < 1.29 is 0 Å². The van der Waals surface area contributed by atoms with Gasteiger partial charge >= 0.3 is 0 Å². The molecule has 0 aromatic heterocycles. The Kier molecular flexibility index (Phi) is 4.16. The van der Waals surface area contributed by atoms with Crippen molar-refractivity contribution in [3.63, 3.8) is 0 Å². The van der Waals surface area contributed by atoms with Crippen LogP contribution in [0.4, 0.5) is 5.69 Å². The van der Waals surface area contributed by atoms with E-state index < -0.39 is 0 Å². The van der Waals surface area contributed by atoms with Crippen LogP contribution in [0.2, 0.25) is 0 Å². The maximum Gasteiger partial charge on any atom is 0.0629 e. The van der Waals surface area contributed by atoms with E-state index in [0.29, 0.717) is 0 Å². The summed E-state index contributed by atoms with van der Waals surface area (Å²) in [7, 11) is 0. The van der Waals surface area contributed by atoms with E-state index in [1.165, 1.54) is 11.3 Å². The molecule has 0 spiro atoms. The third-order valence-electron chi connectivity index (χ3n) is 3.10. The van der Waals surface area contributed by atoms with Gasteiger partial charge in [-0.05, 0) is 17.7 Å². The number of hydrogen-bond donors (Lipinski definition) is 0. The summed E-state index contributed by atoms with van der Waals surface area (Å²) in [5.41, 5.74) is 3.63. The first-order chi connectivity index (χ1) is 9.05. The molecule has 1 heteroatoms. The Morgan fingerprint density at radius 2 is 1.37 bits per heavy atom. The van der Waals surface area contributed by atoms with Crippen LogP contribution in [0, 0.1) is 5.41 Å². The van der Waals surface area contributed by atoms with Crippen LogP contribution in [0.15, 0.2) is 65.7 Å². The summed E-state index contributed by atoms with van der Waals surface area (Å²) in [5, 5.41) is 0. The second-order valence-corrected chi connectivity index (χ2v) is 5.81. The van der Waals surface area contributed by atoms with Crippen molar-refractivity contribution in [1.82, 2.24) is 0 Å². The van der Waals surface area contributed by atoms with Gasteiger partial charge in [0.2, 0.25) is 0 Å². The Balaban J connectivity index is 2.30. The molecule has 0 N–H and O–H groups in total. The van der Waals surface area contributed by atoms with Gasteiger partial charge in [-0.1, -0.05) is 69.3 Å². The van der Waals surface area contributed by atoms with E-state index in [4.69, 9.17) is 4.99 Å². The van der Waals surface area contributed by atoms with Crippen molar-refractivity contribution in [2.75, 3.05) is 0 Å². The first-order valence-corrected chi connectivity index (χ1v) is 6.73. The Bertz CT molecular complexity index is 533. The van der Waals surface area contributed by atoms with E-state index >= 15 is 0 Å². The number of hydrogen-bond acceptors (Lipinski definition) is 1. The average Bonchev–Trinajstić information content (AvgIpc) is 2.39.